The van der Waals surface area contributed by atoms with E-state index in [0.29, 0.717) is 24.3 Å². The summed E-state index contributed by atoms with van der Waals surface area (Å²) >= 11 is 0. The van der Waals surface area contributed by atoms with Gasteiger partial charge < -0.3 is 10.1 Å². The van der Waals surface area contributed by atoms with Crippen molar-refractivity contribution in [3.05, 3.63) is 64.5 Å². The van der Waals surface area contributed by atoms with Crippen molar-refractivity contribution in [1.82, 2.24) is 5.32 Å². The van der Waals surface area contributed by atoms with Crippen molar-refractivity contribution in [2.75, 3.05) is 13.2 Å². The van der Waals surface area contributed by atoms with Gasteiger partial charge in [0.15, 0.2) is 0 Å². The lowest BCUT2D eigenvalue weighted by atomic mass is 10.1. The van der Waals surface area contributed by atoms with Crippen molar-refractivity contribution < 1.29 is 13.9 Å². The van der Waals surface area contributed by atoms with Gasteiger partial charge in [-0.15, -0.1) is 0 Å². The number of amides is 1. The molecule has 0 spiro atoms. The van der Waals surface area contributed by atoms with E-state index in [9.17, 15) is 9.18 Å². The minimum atomic E-state index is -0.376. The molecule has 2 rings (SSSR count). The lowest BCUT2D eigenvalue weighted by molar-refractivity contribution is 0.0946. The third-order valence-corrected chi connectivity index (χ3v) is 3.41. The molecule has 0 atom stereocenters. The number of nitrogens with one attached hydrogen (secondary N) is 1. The van der Waals surface area contributed by atoms with Crippen LogP contribution < -0.4 is 10.1 Å². The number of hydrogen-bond acceptors (Lipinski definition) is 2. The molecule has 1 amide bonds. The zero-order valence-electron chi connectivity index (χ0n) is 13.1. The molecule has 116 valence electrons. The summed E-state index contributed by atoms with van der Waals surface area (Å²) in [7, 11) is 0. The maximum absolute atomic E-state index is 13.4. The van der Waals surface area contributed by atoms with Crippen LogP contribution in [0.5, 0.6) is 5.75 Å². The smallest absolute Gasteiger partial charge is 0.251 e. The summed E-state index contributed by atoms with van der Waals surface area (Å²) in [6.07, 6.45) is 0. The lowest BCUT2D eigenvalue weighted by Gasteiger charge is -2.10. The molecule has 0 aliphatic heterocycles. The molecular weight excluding hydrogens is 281 g/mol. The maximum Gasteiger partial charge on any atom is 0.251 e. The molecule has 0 aliphatic carbocycles. The second-order valence-corrected chi connectivity index (χ2v) is 5.34. The first-order chi connectivity index (χ1) is 10.5. The Morgan fingerprint density at radius 3 is 2.55 bits per heavy atom. The fourth-order valence-electron chi connectivity index (χ4n) is 2.12. The molecule has 0 fully saturated rings. The average Bonchev–Trinajstić information content (AvgIpc) is 2.48. The van der Waals surface area contributed by atoms with Crippen molar-refractivity contribution in [1.29, 1.82) is 0 Å². The van der Waals surface area contributed by atoms with Gasteiger partial charge in [0, 0.05) is 5.56 Å². The van der Waals surface area contributed by atoms with E-state index < -0.39 is 0 Å². The first-order valence-electron chi connectivity index (χ1n) is 7.22. The van der Waals surface area contributed by atoms with Crippen molar-refractivity contribution >= 4 is 5.91 Å². The molecule has 2 aromatic carbocycles. The van der Waals surface area contributed by atoms with E-state index in [0.717, 1.165) is 11.3 Å². The third kappa shape index (κ3) is 4.07. The molecule has 2 aromatic rings. The maximum atomic E-state index is 13.4. The van der Waals surface area contributed by atoms with Crippen LogP contribution in [-0.2, 0) is 0 Å². The number of aryl methyl sites for hydroxylation is 3. The van der Waals surface area contributed by atoms with E-state index in [-0.39, 0.29) is 11.7 Å². The van der Waals surface area contributed by atoms with Gasteiger partial charge in [0.2, 0.25) is 0 Å². The normalized spacial score (nSPS) is 10.4. The van der Waals surface area contributed by atoms with E-state index in [1.165, 1.54) is 11.6 Å². The highest BCUT2D eigenvalue weighted by Crippen LogP contribution is 2.18. The predicted molar refractivity (Wildman–Crippen MR) is 84.9 cm³/mol. The first kappa shape index (κ1) is 16.0. The van der Waals surface area contributed by atoms with Crippen LogP contribution in [0.2, 0.25) is 0 Å². The van der Waals surface area contributed by atoms with Crippen LogP contribution in [0, 0.1) is 26.6 Å². The van der Waals surface area contributed by atoms with Crippen LogP contribution >= 0.6 is 0 Å². The van der Waals surface area contributed by atoms with Gasteiger partial charge in [0.1, 0.15) is 18.2 Å². The number of carbonyl (C=O) groups excluding carboxylic acids is 1. The van der Waals surface area contributed by atoms with E-state index in [2.05, 4.69) is 5.32 Å². The summed E-state index contributed by atoms with van der Waals surface area (Å²) in [5, 5.41) is 2.72. The zero-order valence-corrected chi connectivity index (χ0v) is 13.1. The van der Waals surface area contributed by atoms with Gasteiger partial charge in [0.05, 0.1) is 6.54 Å². The van der Waals surface area contributed by atoms with Gasteiger partial charge in [-0.2, -0.15) is 0 Å². The molecule has 22 heavy (non-hydrogen) atoms. The lowest BCUT2D eigenvalue weighted by Crippen LogP contribution is -2.28. The number of halogens is 1. The number of hydrogen-bond donors (Lipinski definition) is 1. The molecule has 0 radical (unpaired) electrons. The van der Waals surface area contributed by atoms with Crippen molar-refractivity contribution in [2.45, 2.75) is 20.8 Å². The summed E-state index contributed by atoms with van der Waals surface area (Å²) in [4.78, 5) is 11.9. The molecule has 0 bridgehead atoms. The van der Waals surface area contributed by atoms with Crippen LogP contribution in [0.4, 0.5) is 4.39 Å². The monoisotopic (exact) mass is 301 g/mol. The topological polar surface area (TPSA) is 38.3 Å². The molecule has 0 unspecified atom stereocenters. The fraction of sp³-hybridized carbons (Fsp3) is 0.278. The Balaban J connectivity index is 1.83. The van der Waals surface area contributed by atoms with Crippen molar-refractivity contribution in [2.24, 2.45) is 0 Å². The summed E-state index contributed by atoms with van der Waals surface area (Å²) < 4.78 is 19.1. The van der Waals surface area contributed by atoms with Crippen molar-refractivity contribution in [3.63, 3.8) is 0 Å². The molecule has 0 heterocycles. The molecular formula is C18H20FNO2. The highest BCUT2D eigenvalue weighted by atomic mass is 19.1. The van der Waals surface area contributed by atoms with E-state index in [1.807, 2.05) is 32.0 Å². The standard InChI is InChI=1S/C18H20FNO2/c1-12-4-7-17(14(3)10-12)22-9-8-20-18(21)15-6-5-13(2)16(19)11-15/h4-7,10-11H,8-9H2,1-3H3,(H,20,21). The first-order valence-corrected chi connectivity index (χ1v) is 7.22. The predicted octanol–water partition coefficient (Wildman–Crippen LogP) is 3.56. The third-order valence-electron chi connectivity index (χ3n) is 3.41. The summed E-state index contributed by atoms with van der Waals surface area (Å²) in [6, 6.07) is 10.4. The Morgan fingerprint density at radius 1 is 1.09 bits per heavy atom. The Kier molecular flexibility index (Phi) is 5.15. The number of benzene rings is 2. The summed E-state index contributed by atoms with van der Waals surface area (Å²) in [5.74, 6) is 0.128. The van der Waals surface area contributed by atoms with Crippen LogP contribution in [0.25, 0.3) is 0 Å². The summed E-state index contributed by atoms with van der Waals surface area (Å²) in [5.41, 5.74) is 3.08. The molecule has 0 saturated heterocycles. The molecule has 0 aromatic heterocycles. The number of ether oxygens (including phenoxy) is 1. The van der Waals surface area contributed by atoms with Crippen LogP contribution in [-0.4, -0.2) is 19.1 Å². The van der Waals surface area contributed by atoms with Crippen LogP contribution in [0.3, 0.4) is 0 Å². The zero-order chi connectivity index (χ0) is 16.1. The second kappa shape index (κ2) is 7.07. The largest absolute Gasteiger partial charge is 0.491 e. The number of rotatable bonds is 5. The van der Waals surface area contributed by atoms with Gasteiger partial charge in [-0.05, 0) is 50.1 Å². The van der Waals surface area contributed by atoms with E-state index in [1.54, 1.807) is 19.1 Å². The number of carbonyl (C=O) groups is 1. The fourth-order valence-corrected chi connectivity index (χ4v) is 2.12. The molecule has 0 aliphatic rings. The molecule has 3 nitrogen and oxygen atoms in total. The Bertz CT molecular complexity index is 683. The molecule has 1 N–H and O–H groups in total. The van der Waals surface area contributed by atoms with Crippen LogP contribution in [0.1, 0.15) is 27.0 Å². The minimum Gasteiger partial charge on any atom is -0.491 e. The SMILES string of the molecule is Cc1ccc(OCCNC(=O)c2ccc(C)c(F)c2)c(C)c1. The Labute approximate surface area is 130 Å². The highest BCUT2D eigenvalue weighted by molar-refractivity contribution is 5.94. The van der Waals surface area contributed by atoms with Gasteiger partial charge in [0.25, 0.3) is 5.91 Å². The quantitative estimate of drug-likeness (QED) is 0.858. The minimum absolute atomic E-state index is 0.303. The van der Waals surface area contributed by atoms with Gasteiger partial charge in [-0.25, -0.2) is 4.39 Å². The van der Waals surface area contributed by atoms with E-state index in [4.69, 9.17) is 4.74 Å². The van der Waals surface area contributed by atoms with Gasteiger partial charge >= 0.3 is 0 Å². The summed E-state index contributed by atoms with van der Waals surface area (Å²) in [6.45, 7) is 6.40. The van der Waals surface area contributed by atoms with Gasteiger partial charge in [-0.3, -0.25) is 4.79 Å². The van der Waals surface area contributed by atoms with Crippen molar-refractivity contribution in [3.8, 4) is 5.75 Å². The highest BCUT2D eigenvalue weighted by Gasteiger charge is 2.07. The molecule has 0 saturated carbocycles. The average molecular weight is 301 g/mol. The Morgan fingerprint density at radius 2 is 1.86 bits per heavy atom. The second-order valence-electron chi connectivity index (χ2n) is 5.34. The van der Waals surface area contributed by atoms with E-state index >= 15 is 0 Å². The molecule has 4 heteroatoms. The van der Waals surface area contributed by atoms with Gasteiger partial charge in [-0.1, -0.05) is 23.8 Å². The van der Waals surface area contributed by atoms with Crippen LogP contribution in [0.15, 0.2) is 36.4 Å². The Hall–Kier alpha value is -2.36.